The van der Waals surface area contributed by atoms with Crippen LogP contribution in [0.25, 0.3) is 0 Å². The van der Waals surface area contributed by atoms with Crippen molar-refractivity contribution in [2.75, 3.05) is 29.6 Å². The molecular weight excluding hydrogens is 494 g/mol. The summed E-state index contributed by atoms with van der Waals surface area (Å²) < 4.78 is 28.2. The molecule has 2 amide bonds. The number of hydrogen-bond donors (Lipinski definition) is 3. The van der Waals surface area contributed by atoms with Gasteiger partial charge in [0, 0.05) is 36.2 Å². The van der Waals surface area contributed by atoms with Gasteiger partial charge in [-0.05, 0) is 63.5 Å². The number of aromatic nitrogens is 2. The molecule has 2 aliphatic rings. The number of anilines is 3. The van der Waals surface area contributed by atoms with Gasteiger partial charge < -0.3 is 20.9 Å². The Balaban J connectivity index is 1.31. The Hall–Kier alpha value is -2.49. The van der Waals surface area contributed by atoms with Crippen LogP contribution in [0.4, 0.5) is 31.0 Å². The maximum absolute atomic E-state index is 14.0. The summed E-state index contributed by atoms with van der Waals surface area (Å²) in [5.74, 6) is -0.00419. The van der Waals surface area contributed by atoms with Crippen molar-refractivity contribution < 1.29 is 13.6 Å². The monoisotopic (exact) mass is 522 g/mol. The number of nitrogens with one attached hydrogen (secondary N) is 3. The summed E-state index contributed by atoms with van der Waals surface area (Å²) in [6, 6.07) is 1.76. The highest BCUT2D eigenvalue weighted by Crippen LogP contribution is 2.29. The molecule has 2 aromatic rings. The number of amides is 2. The van der Waals surface area contributed by atoms with E-state index in [1.165, 1.54) is 12.0 Å². The number of halogens is 3. The van der Waals surface area contributed by atoms with Crippen LogP contribution in [0.15, 0.2) is 16.6 Å². The third-order valence-electron chi connectivity index (χ3n) is 6.23. The van der Waals surface area contributed by atoms with Gasteiger partial charge in [0.2, 0.25) is 5.95 Å². The summed E-state index contributed by atoms with van der Waals surface area (Å²) in [5, 5.41) is 8.59. The van der Waals surface area contributed by atoms with Crippen molar-refractivity contribution in [3.05, 3.63) is 39.5 Å². The smallest absolute Gasteiger partial charge is 0.319 e. The van der Waals surface area contributed by atoms with E-state index in [2.05, 4.69) is 31.9 Å². The lowest BCUT2D eigenvalue weighted by molar-refractivity contribution is 0.243. The van der Waals surface area contributed by atoms with Gasteiger partial charge in [-0.15, -0.1) is 0 Å². The van der Waals surface area contributed by atoms with Gasteiger partial charge in [-0.25, -0.2) is 18.6 Å². The van der Waals surface area contributed by atoms with E-state index >= 15 is 0 Å². The van der Waals surface area contributed by atoms with Crippen molar-refractivity contribution in [2.45, 2.75) is 63.5 Å². The van der Waals surface area contributed by atoms with Crippen LogP contribution in [-0.2, 0) is 12.8 Å². The van der Waals surface area contributed by atoms with Crippen LogP contribution >= 0.6 is 15.9 Å². The van der Waals surface area contributed by atoms with Gasteiger partial charge >= 0.3 is 6.03 Å². The molecule has 178 valence electrons. The molecule has 0 radical (unpaired) electrons. The van der Waals surface area contributed by atoms with E-state index in [1.807, 2.05) is 19.0 Å². The van der Waals surface area contributed by atoms with Crippen LogP contribution in [0.2, 0.25) is 0 Å². The van der Waals surface area contributed by atoms with Crippen LogP contribution in [0, 0.1) is 11.6 Å². The summed E-state index contributed by atoms with van der Waals surface area (Å²) in [5.41, 5.74) is 1.95. The molecule has 4 rings (SSSR count). The van der Waals surface area contributed by atoms with Crippen molar-refractivity contribution in [2.24, 2.45) is 0 Å². The first kappa shape index (κ1) is 23.7. The Labute approximate surface area is 200 Å². The normalized spacial score (nSPS) is 20.0. The summed E-state index contributed by atoms with van der Waals surface area (Å²) in [7, 11) is 4.02. The predicted octanol–water partition coefficient (Wildman–Crippen LogP) is 5.01. The Kier molecular flexibility index (Phi) is 7.31. The van der Waals surface area contributed by atoms with Crippen molar-refractivity contribution >= 4 is 39.4 Å². The second kappa shape index (κ2) is 10.2. The number of benzene rings is 1. The maximum Gasteiger partial charge on any atom is 0.319 e. The molecule has 0 atom stereocenters. The predicted molar refractivity (Wildman–Crippen MR) is 129 cm³/mol. The van der Waals surface area contributed by atoms with E-state index in [1.54, 1.807) is 0 Å². The zero-order valence-corrected chi connectivity index (χ0v) is 20.4. The zero-order valence-electron chi connectivity index (χ0n) is 18.9. The first-order chi connectivity index (χ1) is 15.8. The highest BCUT2D eigenvalue weighted by Gasteiger charge is 2.25. The molecule has 0 saturated heterocycles. The van der Waals surface area contributed by atoms with Gasteiger partial charge in [0.1, 0.15) is 11.5 Å². The number of hydrogen-bond acceptors (Lipinski definition) is 5. The first-order valence-corrected chi connectivity index (χ1v) is 12.1. The Morgan fingerprint density at radius 3 is 2.33 bits per heavy atom. The molecule has 2 aliphatic carbocycles. The van der Waals surface area contributed by atoms with Crippen LogP contribution in [0.5, 0.6) is 0 Å². The number of aryl methyl sites for hydroxylation is 1. The van der Waals surface area contributed by atoms with Gasteiger partial charge in [-0.2, -0.15) is 4.98 Å². The largest absolute Gasteiger partial charge is 0.362 e. The second-order valence-electron chi connectivity index (χ2n) is 8.93. The highest BCUT2D eigenvalue weighted by molar-refractivity contribution is 9.10. The van der Waals surface area contributed by atoms with E-state index in [4.69, 9.17) is 9.97 Å². The van der Waals surface area contributed by atoms with Gasteiger partial charge in [0.25, 0.3) is 0 Å². The number of rotatable bonds is 5. The fourth-order valence-corrected chi connectivity index (χ4v) is 4.97. The average molecular weight is 523 g/mol. The van der Waals surface area contributed by atoms with Crippen LogP contribution < -0.4 is 20.9 Å². The average Bonchev–Trinajstić information content (AvgIpc) is 2.77. The number of nitrogens with zero attached hydrogens (tertiary/aromatic N) is 3. The molecule has 1 aromatic heterocycles. The molecule has 1 aromatic carbocycles. The second-order valence-corrected chi connectivity index (χ2v) is 9.85. The molecule has 10 heteroatoms. The van der Waals surface area contributed by atoms with E-state index in [9.17, 15) is 13.6 Å². The van der Waals surface area contributed by atoms with E-state index in [0.29, 0.717) is 5.95 Å². The summed E-state index contributed by atoms with van der Waals surface area (Å²) >= 11 is 3.03. The van der Waals surface area contributed by atoms with E-state index in [-0.39, 0.29) is 16.6 Å². The van der Waals surface area contributed by atoms with Gasteiger partial charge in [0.05, 0.1) is 5.69 Å². The Bertz CT molecular complexity index is 1000. The molecule has 7 nitrogen and oxygen atoms in total. The van der Waals surface area contributed by atoms with Gasteiger partial charge in [-0.3, -0.25) is 0 Å². The van der Waals surface area contributed by atoms with Crippen LogP contribution in [0.1, 0.15) is 49.8 Å². The molecule has 0 bridgehead atoms. The molecule has 1 heterocycles. The lowest BCUT2D eigenvalue weighted by Crippen LogP contribution is -2.42. The summed E-state index contributed by atoms with van der Waals surface area (Å²) in [6.45, 7) is 0. The molecule has 1 fully saturated rings. The van der Waals surface area contributed by atoms with Crippen LogP contribution in [0.3, 0.4) is 0 Å². The quantitative estimate of drug-likeness (QED) is 0.514. The van der Waals surface area contributed by atoms with E-state index in [0.717, 1.165) is 68.6 Å². The van der Waals surface area contributed by atoms with Crippen molar-refractivity contribution in [1.82, 2.24) is 15.3 Å². The third-order valence-corrected chi connectivity index (χ3v) is 6.68. The summed E-state index contributed by atoms with van der Waals surface area (Å²) in [4.78, 5) is 23.9. The molecule has 33 heavy (non-hydrogen) atoms. The topological polar surface area (TPSA) is 82.2 Å². The van der Waals surface area contributed by atoms with Crippen molar-refractivity contribution in [3.8, 4) is 0 Å². The number of fused-ring (bicyclic) bond motifs is 1. The SMILES string of the molecule is CN(C)c1nc(N[C@H]2CC[C@@H](NC(=O)Nc3c(F)cc(Br)cc3F)CC2)nc2c1CCCC2. The molecule has 3 N–H and O–H groups in total. The minimum Gasteiger partial charge on any atom is -0.362 e. The molecular formula is C23H29BrF2N6O. The van der Waals surface area contributed by atoms with Gasteiger partial charge in [0.15, 0.2) is 11.6 Å². The Morgan fingerprint density at radius 2 is 1.67 bits per heavy atom. The van der Waals surface area contributed by atoms with Crippen LogP contribution in [-0.4, -0.2) is 42.2 Å². The molecule has 0 aliphatic heterocycles. The minimum absolute atomic E-state index is 0.0635. The highest BCUT2D eigenvalue weighted by atomic mass is 79.9. The third kappa shape index (κ3) is 5.72. The Morgan fingerprint density at radius 1 is 1.03 bits per heavy atom. The molecule has 1 saturated carbocycles. The molecule has 0 unspecified atom stereocenters. The first-order valence-electron chi connectivity index (χ1n) is 11.4. The number of carbonyl (C=O) groups is 1. The van der Waals surface area contributed by atoms with Crippen molar-refractivity contribution in [3.63, 3.8) is 0 Å². The number of carbonyl (C=O) groups excluding carboxylic acids is 1. The van der Waals surface area contributed by atoms with E-state index < -0.39 is 23.4 Å². The maximum atomic E-state index is 14.0. The zero-order chi connectivity index (χ0) is 23.5. The fourth-order valence-electron chi connectivity index (χ4n) is 4.57. The minimum atomic E-state index is -0.827. The van der Waals surface area contributed by atoms with Crippen molar-refractivity contribution in [1.29, 1.82) is 0 Å². The lowest BCUT2D eigenvalue weighted by Gasteiger charge is -2.30. The standard InChI is InChI=1S/C23H29BrF2N6O/c1-32(2)21-16-5-3-4-6-19(16)29-22(31-21)27-14-7-9-15(10-8-14)28-23(33)30-20-17(25)11-13(24)12-18(20)26/h11-12,14-15H,3-10H2,1-2H3,(H,27,29,31)(H2,28,30,33)/t14-,15+. The summed E-state index contributed by atoms with van der Waals surface area (Å²) in [6.07, 6.45) is 7.52. The lowest BCUT2D eigenvalue weighted by atomic mass is 9.91. The molecule has 0 spiro atoms. The number of urea groups is 1. The fraction of sp³-hybridized carbons (Fsp3) is 0.522. The van der Waals surface area contributed by atoms with Gasteiger partial charge in [-0.1, -0.05) is 15.9 Å².